The first-order valence-electron chi connectivity index (χ1n) is 11.2. The Labute approximate surface area is 192 Å². The lowest BCUT2D eigenvalue weighted by molar-refractivity contribution is -0.141. The van der Waals surface area contributed by atoms with E-state index in [4.69, 9.17) is 4.74 Å². The van der Waals surface area contributed by atoms with Gasteiger partial charge in [-0.05, 0) is 38.5 Å². The summed E-state index contributed by atoms with van der Waals surface area (Å²) >= 11 is 0. The molecule has 180 valence electrons. The van der Waals surface area contributed by atoms with Gasteiger partial charge in [-0.3, -0.25) is 4.79 Å². The van der Waals surface area contributed by atoms with E-state index in [2.05, 4.69) is 6.92 Å². The Balaban J connectivity index is 2.49. The van der Waals surface area contributed by atoms with E-state index >= 15 is 0 Å². The number of methoxy groups -OCH3 is 1. The van der Waals surface area contributed by atoms with Crippen LogP contribution in [0.5, 0.6) is 0 Å². The van der Waals surface area contributed by atoms with Crippen molar-refractivity contribution in [1.82, 2.24) is 4.31 Å². The molecule has 0 spiro atoms. The summed E-state index contributed by atoms with van der Waals surface area (Å²) in [4.78, 5) is 13.4. The number of hydrogen-bond acceptors (Lipinski definition) is 6. The average Bonchev–Trinajstić information content (AvgIpc) is 3.05. The van der Waals surface area contributed by atoms with Crippen LogP contribution in [0.2, 0.25) is 0 Å². The summed E-state index contributed by atoms with van der Waals surface area (Å²) in [5.41, 5.74) is -2.49. The zero-order valence-electron chi connectivity index (χ0n) is 20.0. The molecule has 1 aromatic carbocycles. The summed E-state index contributed by atoms with van der Waals surface area (Å²) < 4.78 is 33.4. The quantitative estimate of drug-likeness (QED) is 0.483. The van der Waals surface area contributed by atoms with Gasteiger partial charge >= 0.3 is 0 Å². The number of aryl methyl sites for hydroxylation is 1. The van der Waals surface area contributed by atoms with Crippen LogP contribution in [-0.2, 0) is 19.6 Å². The maximum atomic E-state index is 13.5. The summed E-state index contributed by atoms with van der Waals surface area (Å²) in [6.45, 7) is 8.86. The SMILES string of the molecule is CCCCCC[C@](C)(O)[C@@H](O)C1=C[C@@](OC)(C(C)C)N(S(=O)(=O)c2ccc(C)cc2)C1=O. The second kappa shape index (κ2) is 10.0. The van der Waals surface area contributed by atoms with Crippen LogP contribution < -0.4 is 0 Å². The number of rotatable bonds is 11. The molecule has 0 saturated heterocycles. The van der Waals surface area contributed by atoms with Crippen LogP contribution in [0.3, 0.4) is 0 Å². The Kier molecular flexibility index (Phi) is 8.31. The molecule has 1 aromatic rings. The van der Waals surface area contributed by atoms with Gasteiger partial charge in [-0.1, -0.05) is 64.2 Å². The van der Waals surface area contributed by atoms with Crippen LogP contribution in [0.1, 0.15) is 65.4 Å². The third-order valence-electron chi connectivity index (χ3n) is 6.24. The number of carbonyl (C=O) groups excluding carboxylic acids is 1. The van der Waals surface area contributed by atoms with Crippen LogP contribution in [0, 0.1) is 12.8 Å². The van der Waals surface area contributed by atoms with E-state index in [0.717, 1.165) is 24.8 Å². The van der Waals surface area contributed by atoms with E-state index in [1.54, 1.807) is 26.0 Å². The number of ether oxygens (including phenoxy) is 1. The van der Waals surface area contributed by atoms with Crippen molar-refractivity contribution >= 4 is 15.9 Å². The van der Waals surface area contributed by atoms with Gasteiger partial charge in [0.05, 0.1) is 16.1 Å². The smallest absolute Gasteiger partial charge is 0.269 e. The lowest BCUT2D eigenvalue weighted by Gasteiger charge is -2.38. The largest absolute Gasteiger partial charge is 0.387 e. The predicted octanol–water partition coefficient (Wildman–Crippen LogP) is 3.53. The van der Waals surface area contributed by atoms with Crippen molar-refractivity contribution in [2.24, 2.45) is 5.92 Å². The lowest BCUT2D eigenvalue weighted by Crippen LogP contribution is -2.54. The number of carbonyl (C=O) groups is 1. The van der Waals surface area contributed by atoms with Gasteiger partial charge in [0.1, 0.15) is 6.10 Å². The molecule has 1 aliphatic rings. The maximum Gasteiger partial charge on any atom is 0.269 e. The summed E-state index contributed by atoms with van der Waals surface area (Å²) in [5.74, 6) is -1.33. The van der Waals surface area contributed by atoms with Crippen molar-refractivity contribution in [2.45, 2.75) is 89.0 Å². The molecule has 8 heteroatoms. The molecule has 2 N–H and O–H groups in total. The lowest BCUT2D eigenvalue weighted by atomic mass is 9.87. The summed E-state index contributed by atoms with van der Waals surface area (Å²) in [7, 11) is -2.96. The van der Waals surface area contributed by atoms with Gasteiger partial charge in [0.15, 0.2) is 5.72 Å². The Morgan fingerprint density at radius 1 is 1.16 bits per heavy atom. The van der Waals surface area contributed by atoms with Crippen molar-refractivity contribution in [3.05, 3.63) is 41.5 Å². The molecule has 0 saturated carbocycles. The first-order chi connectivity index (χ1) is 14.8. The highest BCUT2D eigenvalue weighted by Gasteiger charge is 2.56. The zero-order chi connectivity index (χ0) is 24.3. The van der Waals surface area contributed by atoms with E-state index in [1.165, 1.54) is 32.2 Å². The number of nitrogens with zero attached hydrogens (tertiary/aromatic N) is 1. The number of amides is 1. The van der Waals surface area contributed by atoms with Crippen molar-refractivity contribution in [2.75, 3.05) is 7.11 Å². The molecule has 32 heavy (non-hydrogen) atoms. The minimum absolute atomic E-state index is 0.0472. The Bertz CT molecular complexity index is 936. The molecule has 0 radical (unpaired) electrons. The first kappa shape index (κ1) is 26.5. The molecule has 1 aliphatic heterocycles. The van der Waals surface area contributed by atoms with Gasteiger partial charge < -0.3 is 14.9 Å². The van der Waals surface area contributed by atoms with Gasteiger partial charge in [-0.25, -0.2) is 8.42 Å². The number of aliphatic hydroxyl groups excluding tert-OH is 1. The minimum atomic E-state index is -4.29. The summed E-state index contributed by atoms with van der Waals surface area (Å²) in [5, 5.41) is 21.9. The molecule has 1 heterocycles. The van der Waals surface area contributed by atoms with Gasteiger partial charge in [-0.2, -0.15) is 4.31 Å². The van der Waals surface area contributed by atoms with Crippen LogP contribution in [-0.4, -0.2) is 53.4 Å². The van der Waals surface area contributed by atoms with Crippen LogP contribution >= 0.6 is 0 Å². The molecule has 0 aliphatic carbocycles. The average molecular weight is 468 g/mol. The van der Waals surface area contributed by atoms with E-state index in [1.807, 2.05) is 6.92 Å². The Morgan fingerprint density at radius 2 is 1.75 bits per heavy atom. The summed E-state index contributed by atoms with van der Waals surface area (Å²) in [6, 6.07) is 6.19. The first-order valence-corrected chi connectivity index (χ1v) is 12.6. The molecular formula is C24H37NO6S. The minimum Gasteiger partial charge on any atom is -0.387 e. The van der Waals surface area contributed by atoms with Gasteiger partial charge in [0, 0.05) is 13.0 Å². The van der Waals surface area contributed by atoms with Crippen molar-refractivity contribution in [3.63, 3.8) is 0 Å². The van der Waals surface area contributed by atoms with Crippen molar-refractivity contribution in [1.29, 1.82) is 0 Å². The monoisotopic (exact) mass is 467 g/mol. The molecule has 2 rings (SSSR count). The highest BCUT2D eigenvalue weighted by atomic mass is 32.2. The second-order valence-electron chi connectivity index (χ2n) is 9.17. The topological polar surface area (TPSA) is 104 Å². The number of hydrogen-bond donors (Lipinski definition) is 2. The highest BCUT2D eigenvalue weighted by molar-refractivity contribution is 7.89. The Morgan fingerprint density at radius 3 is 2.25 bits per heavy atom. The molecule has 3 atom stereocenters. The maximum absolute atomic E-state index is 13.5. The van der Waals surface area contributed by atoms with Crippen LogP contribution in [0.4, 0.5) is 0 Å². The van der Waals surface area contributed by atoms with Gasteiger partial charge in [0.25, 0.3) is 15.9 Å². The van der Waals surface area contributed by atoms with Crippen molar-refractivity contribution < 1.29 is 28.2 Å². The second-order valence-corrected chi connectivity index (χ2v) is 11.0. The van der Waals surface area contributed by atoms with E-state index < -0.39 is 39.3 Å². The fourth-order valence-electron chi connectivity index (χ4n) is 4.09. The Hall–Kier alpha value is -1.74. The van der Waals surface area contributed by atoms with Gasteiger partial charge in [-0.15, -0.1) is 0 Å². The molecule has 0 bridgehead atoms. The van der Waals surface area contributed by atoms with E-state index in [9.17, 15) is 23.4 Å². The normalized spacial score (nSPS) is 22.2. The van der Waals surface area contributed by atoms with E-state index in [0.29, 0.717) is 10.7 Å². The fraction of sp³-hybridized carbons (Fsp3) is 0.625. The molecule has 0 aromatic heterocycles. The predicted molar refractivity (Wildman–Crippen MR) is 123 cm³/mol. The molecule has 7 nitrogen and oxygen atoms in total. The fourth-order valence-corrected chi connectivity index (χ4v) is 5.82. The number of benzene rings is 1. The van der Waals surface area contributed by atoms with Crippen LogP contribution in [0.25, 0.3) is 0 Å². The molecule has 0 unspecified atom stereocenters. The molecule has 0 fully saturated rings. The third kappa shape index (κ3) is 4.93. The number of unbranched alkanes of at least 4 members (excludes halogenated alkanes) is 3. The molecular weight excluding hydrogens is 430 g/mol. The number of aliphatic hydroxyl groups is 2. The third-order valence-corrected chi connectivity index (χ3v) is 8.04. The number of sulfonamides is 1. The zero-order valence-corrected chi connectivity index (χ0v) is 20.8. The summed E-state index contributed by atoms with van der Waals surface area (Å²) in [6.07, 6.45) is 3.71. The van der Waals surface area contributed by atoms with Gasteiger partial charge in [0.2, 0.25) is 0 Å². The highest BCUT2D eigenvalue weighted by Crippen LogP contribution is 2.42. The van der Waals surface area contributed by atoms with Crippen LogP contribution in [0.15, 0.2) is 40.8 Å². The van der Waals surface area contributed by atoms with E-state index in [-0.39, 0.29) is 16.9 Å². The van der Waals surface area contributed by atoms with Crippen molar-refractivity contribution in [3.8, 4) is 0 Å². The standard InChI is InChI=1S/C24H37NO6S/c1-7-8-9-10-15-23(5,28)21(26)20-16-24(31-6,17(2)3)25(22(20)27)32(29,30)19-13-11-18(4)12-14-19/h11-14,16-17,21,26,28H,7-10,15H2,1-6H3/t21-,23-,24+/m0/s1. The molecule has 1 amide bonds.